The van der Waals surface area contributed by atoms with E-state index < -0.39 is 12.0 Å². The van der Waals surface area contributed by atoms with Gasteiger partial charge in [-0.25, -0.2) is 4.90 Å². The average Bonchev–Trinajstić information content (AvgIpc) is 2.85. The number of anilines is 1. The molecule has 1 saturated heterocycles. The third-order valence-corrected chi connectivity index (χ3v) is 4.03. The second kappa shape index (κ2) is 4.13. The molecule has 2 amide bonds. The van der Waals surface area contributed by atoms with Gasteiger partial charge in [-0.3, -0.25) is 9.59 Å². The third-order valence-electron chi connectivity index (χ3n) is 3.63. The molecule has 0 spiro atoms. The van der Waals surface area contributed by atoms with Crippen molar-refractivity contribution in [3.63, 3.8) is 0 Å². The van der Waals surface area contributed by atoms with Gasteiger partial charge in [0.2, 0.25) is 5.91 Å². The van der Waals surface area contributed by atoms with Gasteiger partial charge in [0.05, 0.1) is 17.6 Å². The highest BCUT2D eigenvalue weighted by Gasteiger charge is 2.53. The Balaban J connectivity index is 2.02. The van der Waals surface area contributed by atoms with Crippen LogP contribution in [0.4, 0.5) is 5.69 Å². The first-order valence-corrected chi connectivity index (χ1v) is 6.42. The summed E-state index contributed by atoms with van der Waals surface area (Å²) in [5.74, 6) is -1.02. The topological polar surface area (TPSA) is 62.1 Å². The Labute approximate surface area is 115 Å². The van der Waals surface area contributed by atoms with Crippen LogP contribution in [0.1, 0.15) is 12.5 Å². The second-order valence-corrected chi connectivity index (χ2v) is 5.29. The molecule has 0 unspecified atom stereocenters. The lowest BCUT2D eigenvalue weighted by atomic mass is 9.98. The summed E-state index contributed by atoms with van der Waals surface area (Å²) in [6.45, 7) is 3.66. The van der Waals surface area contributed by atoms with Crippen molar-refractivity contribution in [2.24, 2.45) is 16.1 Å². The Morgan fingerprint density at radius 3 is 2.58 bits per heavy atom. The molecule has 0 aliphatic carbocycles. The van der Waals surface area contributed by atoms with E-state index in [4.69, 9.17) is 11.6 Å². The maximum absolute atomic E-state index is 12.3. The normalized spacial score (nSPS) is 29.2. The van der Waals surface area contributed by atoms with Crippen molar-refractivity contribution >= 4 is 29.1 Å². The first-order chi connectivity index (χ1) is 9.00. The summed E-state index contributed by atoms with van der Waals surface area (Å²) in [6.07, 6.45) is 0. The van der Waals surface area contributed by atoms with E-state index in [9.17, 15) is 9.59 Å². The highest BCUT2D eigenvalue weighted by molar-refractivity contribution is 6.32. The number of azo groups is 1. The summed E-state index contributed by atoms with van der Waals surface area (Å²) in [7, 11) is 0. The Morgan fingerprint density at radius 2 is 1.95 bits per heavy atom. The number of hydrogen-bond acceptors (Lipinski definition) is 4. The molecule has 98 valence electrons. The largest absolute Gasteiger partial charge is 0.274 e. The first-order valence-electron chi connectivity index (χ1n) is 6.04. The fourth-order valence-corrected chi connectivity index (χ4v) is 2.67. The van der Waals surface area contributed by atoms with Gasteiger partial charge in [-0.15, -0.1) is 0 Å². The summed E-state index contributed by atoms with van der Waals surface area (Å²) < 4.78 is 0. The van der Waals surface area contributed by atoms with E-state index in [0.717, 1.165) is 5.56 Å². The number of aryl methyl sites for hydroxylation is 1. The zero-order valence-corrected chi connectivity index (χ0v) is 11.3. The molecule has 1 aromatic carbocycles. The van der Waals surface area contributed by atoms with Crippen molar-refractivity contribution in [2.75, 3.05) is 4.90 Å². The molecule has 2 heterocycles. The third kappa shape index (κ3) is 1.69. The van der Waals surface area contributed by atoms with Crippen LogP contribution >= 0.6 is 11.6 Å². The van der Waals surface area contributed by atoms with Gasteiger partial charge in [0.1, 0.15) is 0 Å². The fourth-order valence-electron chi connectivity index (χ4n) is 2.49. The number of amides is 2. The summed E-state index contributed by atoms with van der Waals surface area (Å²) in [5, 5.41) is 8.35. The van der Waals surface area contributed by atoms with E-state index in [1.165, 1.54) is 4.90 Å². The van der Waals surface area contributed by atoms with Crippen LogP contribution in [0.15, 0.2) is 28.4 Å². The maximum Gasteiger partial charge on any atom is 0.261 e. The standard InChI is InChI=1S/C13H12ClN3O2/c1-6-3-4-8(5-9(6)14)17-12(18)10-7(2)15-16-11(10)13(17)19/h3-5,7,10-11H,1-2H3/t7-,10+,11-/m0/s1. The molecule has 0 aromatic heterocycles. The number of carbonyl (C=O) groups excluding carboxylic acids is 2. The van der Waals surface area contributed by atoms with Crippen LogP contribution in [0.5, 0.6) is 0 Å². The van der Waals surface area contributed by atoms with Gasteiger partial charge in [-0.1, -0.05) is 17.7 Å². The maximum atomic E-state index is 12.3. The molecule has 5 nitrogen and oxygen atoms in total. The van der Waals surface area contributed by atoms with Crippen LogP contribution in [0, 0.1) is 12.8 Å². The summed E-state index contributed by atoms with van der Waals surface area (Å²) in [6, 6.07) is 4.24. The quantitative estimate of drug-likeness (QED) is 0.740. The van der Waals surface area contributed by atoms with Crippen molar-refractivity contribution < 1.29 is 9.59 Å². The average molecular weight is 278 g/mol. The SMILES string of the molecule is Cc1ccc(N2C(=O)[C@@H]3[C@H](C)N=N[C@@H]3C2=O)cc1Cl. The van der Waals surface area contributed by atoms with Crippen molar-refractivity contribution in [1.82, 2.24) is 0 Å². The van der Waals surface area contributed by atoms with E-state index >= 15 is 0 Å². The summed E-state index contributed by atoms with van der Waals surface area (Å²) >= 11 is 6.05. The van der Waals surface area contributed by atoms with E-state index in [0.29, 0.717) is 10.7 Å². The molecule has 3 atom stereocenters. The van der Waals surface area contributed by atoms with Crippen molar-refractivity contribution in [3.05, 3.63) is 28.8 Å². The monoisotopic (exact) mass is 277 g/mol. The molecule has 0 saturated carbocycles. The fraction of sp³-hybridized carbons (Fsp3) is 0.385. The van der Waals surface area contributed by atoms with Crippen LogP contribution in [-0.2, 0) is 9.59 Å². The molecule has 0 bridgehead atoms. The molecule has 0 N–H and O–H groups in total. The van der Waals surface area contributed by atoms with Crippen LogP contribution in [0.2, 0.25) is 5.02 Å². The van der Waals surface area contributed by atoms with Gasteiger partial charge in [0.25, 0.3) is 5.91 Å². The van der Waals surface area contributed by atoms with Crippen LogP contribution in [0.3, 0.4) is 0 Å². The predicted molar refractivity (Wildman–Crippen MR) is 70.3 cm³/mol. The van der Waals surface area contributed by atoms with Crippen LogP contribution in [-0.4, -0.2) is 23.9 Å². The number of rotatable bonds is 1. The lowest BCUT2D eigenvalue weighted by Crippen LogP contribution is -2.32. The smallest absolute Gasteiger partial charge is 0.261 e. The Morgan fingerprint density at radius 1 is 1.21 bits per heavy atom. The number of carbonyl (C=O) groups is 2. The van der Waals surface area contributed by atoms with E-state index in [2.05, 4.69) is 10.2 Å². The molecule has 2 aliphatic heterocycles. The number of hydrogen-bond donors (Lipinski definition) is 0. The lowest BCUT2D eigenvalue weighted by molar-refractivity contribution is -0.122. The van der Waals surface area contributed by atoms with E-state index in [-0.39, 0.29) is 17.9 Å². The molecule has 1 fully saturated rings. The Bertz CT molecular complexity index is 614. The highest BCUT2D eigenvalue weighted by atomic mass is 35.5. The Kier molecular flexibility index (Phi) is 2.67. The lowest BCUT2D eigenvalue weighted by Gasteiger charge is -2.16. The van der Waals surface area contributed by atoms with Crippen LogP contribution < -0.4 is 4.90 Å². The zero-order valence-electron chi connectivity index (χ0n) is 10.5. The molecule has 3 rings (SSSR count). The first kappa shape index (κ1) is 12.3. The number of benzene rings is 1. The van der Waals surface area contributed by atoms with Gasteiger partial charge >= 0.3 is 0 Å². The minimum Gasteiger partial charge on any atom is -0.274 e. The van der Waals surface area contributed by atoms with Crippen LogP contribution in [0.25, 0.3) is 0 Å². The molecule has 6 heteroatoms. The second-order valence-electron chi connectivity index (χ2n) is 4.89. The van der Waals surface area contributed by atoms with E-state index in [1.54, 1.807) is 25.1 Å². The zero-order chi connectivity index (χ0) is 13.7. The number of fused-ring (bicyclic) bond motifs is 1. The molecular formula is C13H12ClN3O2. The van der Waals surface area contributed by atoms with E-state index in [1.807, 2.05) is 6.92 Å². The van der Waals surface area contributed by atoms with Crippen molar-refractivity contribution in [3.8, 4) is 0 Å². The molecule has 0 radical (unpaired) electrons. The summed E-state index contributed by atoms with van der Waals surface area (Å²) in [4.78, 5) is 25.8. The number of imide groups is 1. The molecule has 2 aliphatic rings. The minimum absolute atomic E-state index is 0.243. The molecule has 19 heavy (non-hydrogen) atoms. The van der Waals surface area contributed by atoms with Gasteiger partial charge in [0, 0.05) is 5.02 Å². The minimum atomic E-state index is -0.664. The van der Waals surface area contributed by atoms with Gasteiger partial charge in [0.15, 0.2) is 6.04 Å². The molecule has 1 aromatic rings. The van der Waals surface area contributed by atoms with Crippen molar-refractivity contribution in [1.29, 1.82) is 0 Å². The van der Waals surface area contributed by atoms with Gasteiger partial charge in [-0.05, 0) is 31.5 Å². The highest BCUT2D eigenvalue weighted by Crippen LogP contribution is 2.36. The van der Waals surface area contributed by atoms with Gasteiger partial charge in [-0.2, -0.15) is 10.2 Å². The molecular weight excluding hydrogens is 266 g/mol. The van der Waals surface area contributed by atoms with Gasteiger partial charge < -0.3 is 0 Å². The summed E-state index contributed by atoms with van der Waals surface area (Å²) in [5.41, 5.74) is 1.40. The number of halogens is 1. The predicted octanol–water partition coefficient (Wildman–Crippen LogP) is 2.36. The number of nitrogens with zero attached hydrogens (tertiary/aromatic N) is 3. The Hall–Kier alpha value is -1.75. The van der Waals surface area contributed by atoms with Crippen molar-refractivity contribution in [2.45, 2.75) is 25.9 Å².